The van der Waals surface area contributed by atoms with E-state index in [1.165, 1.54) is 0 Å². The number of rotatable bonds is 0. The van der Waals surface area contributed by atoms with E-state index in [0.717, 1.165) is 37.2 Å². The number of Topliss-reactive ketones (excluding diaryl/α,β-unsaturated/α-hetero) is 1. The Kier molecular flexibility index (Phi) is 2.75. The van der Waals surface area contributed by atoms with Gasteiger partial charge in [-0.15, -0.1) is 0 Å². The Morgan fingerprint density at radius 3 is 2.58 bits per heavy atom. The lowest BCUT2D eigenvalue weighted by atomic mass is 9.73. The van der Waals surface area contributed by atoms with Crippen LogP contribution < -0.4 is 0 Å². The number of likely N-dealkylation sites (tertiary alicyclic amines) is 1. The molecule has 2 aliphatic rings. The van der Waals surface area contributed by atoms with Crippen LogP contribution in [0.3, 0.4) is 0 Å². The van der Waals surface area contributed by atoms with Gasteiger partial charge < -0.3 is 0 Å². The molecular weight excluding hydrogens is 238 g/mol. The zero-order chi connectivity index (χ0) is 13.7. The zero-order valence-electron chi connectivity index (χ0n) is 11.9. The van der Waals surface area contributed by atoms with Crippen molar-refractivity contribution >= 4 is 5.78 Å². The van der Waals surface area contributed by atoms with Crippen molar-refractivity contribution in [3.8, 4) is 0 Å². The smallest absolute Gasteiger partial charge is 0.149 e. The summed E-state index contributed by atoms with van der Waals surface area (Å²) in [5.74, 6) is 0.344. The van der Waals surface area contributed by atoms with Crippen molar-refractivity contribution in [2.75, 3.05) is 13.1 Å². The number of hydrogen-bond acceptors (Lipinski definition) is 4. The second kappa shape index (κ2) is 4.10. The van der Waals surface area contributed by atoms with Gasteiger partial charge in [0, 0.05) is 11.7 Å². The molecule has 1 aromatic heterocycles. The summed E-state index contributed by atoms with van der Waals surface area (Å²) in [4.78, 5) is 14.9. The van der Waals surface area contributed by atoms with E-state index in [1.54, 1.807) is 6.20 Å². The number of carbonyl (C=O) groups is 1. The lowest BCUT2D eigenvalue weighted by Crippen LogP contribution is -2.51. The molecule has 0 radical (unpaired) electrons. The number of carbonyl (C=O) groups excluding carboxylic acids is 1. The van der Waals surface area contributed by atoms with Crippen molar-refractivity contribution in [3.05, 3.63) is 23.5 Å². The van der Waals surface area contributed by atoms with E-state index < -0.39 is 0 Å². The van der Waals surface area contributed by atoms with E-state index in [1.807, 2.05) is 6.07 Å². The Hall–Kier alpha value is -1.29. The Balaban J connectivity index is 1.89. The molecule has 0 aromatic carbocycles. The molecule has 0 amide bonds. The molecule has 4 heteroatoms. The second-order valence-electron chi connectivity index (χ2n) is 6.73. The van der Waals surface area contributed by atoms with E-state index in [2.05, 4.69) is 35.9 Å². The molecular formula is C15H21N3O. The minimum atomic E-state index is -0.271. The number of fused-ring (bicyclic) bond motifs is 2. The van der Waals surface area contributed by atoms with Gasteiger partial charge in [-0.25, -0.2) is 0 Å². The van der Waals surface area contributed by atoms with Crippen molar-refractivity contribution in [1.29, 1.82) is 0 Å². The number of hydrogen-bond donors (Lipinski definition) is 0. The van der Waals surface area contributed by atoms with Gasteiger partial charge in [0.1, 0.15) is 5.78 Å². The van der Waals surface area contributed by atoms with Crippen LogP contribution in [0.5, 0.6) is 0 Å². The number of aromatic nitrogens is 2. The number of nitrogens with zero attached hydrogens (tertiary/aromatic N) is 3. The van der Waals surface area contributed by atoms with Crippen LogP contribution in [0.25, 0.3) is 0 Å². The lowest BCUT2D eigenvalue weighted by molar-refractivity contribution is -0.125. The fourth-order valence-corrected chi connectivity index (χ4v) is 3.51. The van der Waals surface area contributed by atoms with Crippen molar-refractivity contribution in [1.82, 2.24) is 15.1 Å². The number of piperidine rings is 1. The molecule has 0 saturated carbocycles. The summed E-state index contributed by atoms with van der Waals surface area (Å²) in [5, 5.41) is 8.05. The average molecular weight is 259 g/mol. The molecule has 1 saturated heterocycles. The number of ketones is 1. The molecule has 3 rings (SSSR count). The van der Waals surface area contributed by atoms with Crippen molar-refractivity contribution in [2.45, 2.75) is 51.0 Å². The van der Waals surface area contributed by atoms with Gasteiger partial charge in [0.2, 0.25) is 0 Å². The van der Waals surface area contributed by atoms with Gasteiger partial charge in [0.15, 0.2) is 0 Å². The van der Waals surface area contributed by atoms with Crippen molar-refractivity contribution < 1.29 is 4.79 Å². The molecule has 1 spiro atoms. The van der Waals surface area contributed by atoms with Crippen LogP contribution in [0.4, 0.5) is 0 Å². The largest absolute Gasteiger partial charge is 0.298 e. The monoisotopic (exact) mass is 259 g/mol. The predicted octanol–water partition coefficient (Wildman–Crippen LogP) is 1.73. The Bertz CT molecular complexity index is 510. The Morgan fingerprint density at radius 1 is 1.26 bits per heavy atom. The standard InChI is InChI=1S/C15H21N3O/c1-14(2,3)18-8-5-15(6-9-18)11-4-7-16-17-12(11)10-13(15)19/h4,7H,5-6,8-10H2,1-3H3. The minimum Gasteiger partial charge on any atom is -0.298 e. The van der Waals surface area contributed by atoms with E-state index in [9.17, 15) is 4.79 Å². The fraction of sp³-hybridized carbons (Fsp3) is 0.667. The molecule has 0 bridgehead atoms. The third-order valence-corrected chi connectivity index (χ3v) is 4.74. The maximum atomic E-state index is 12.5. The van der Waals surface area contributed by atoms with Gasteiger partial charge in [-0.1, -0.05) is 0 Å². The van der Waals surface area contributed by atoms with Gasteiger partial charge >= 0.3 is 0 Å². The first-order valence-electron chi connectivity index (χ1n) is 7.03. The minimum absolute atomic E-state index is 0.183. The highest BCUT2D eigenvalue weighted by atomic mass is 16.1. The third-order valence-electron chi connectivity index (χ3n) is 4.74. The fourth-order valence-electron chi connectivity index (χ4n) is 3.51. The molecule has 1 aliphatic carbocycles. The molecule has 0 N–H and O–H groups in total. The first kappa shape index (κ1) is 12.7. The topological polar surface area (TPSA) is 46.1 Å². The molecule has 19 heavy (non-hydrogen) atoms. The van der Waals surface area contributed by atoms with Gasteiger partial charge in [0.05, 0.1) is 17.5 Å². The van der Waals surface area contributed by atoms with Crippen LogP contribution in [-0.2, 0) is 16.6 Å². The van der Waals surface area contributed by atoms with Crippen LogP contribution >= 0.6 is 0 Å². The quantitative estimate of drug-likeness (QED) is 0.712. The van der Waals surface area contributed by atoms with E-state index in [4.69, 9.17) is 0 Å². The van der Waals surface area contributed by atoms with Crippen LogP contribution in [0.1, 0.15) is 44.9 Å². The Morgan fingerprint density at radius 2 is 1.95 bits per heavy atom. The molecule has 0 atom stereocenters. The van der Waals surface area contributed by atoms with Crippen LogP contribution in [0.2, 0.25) is 0 Å². The summed E-state index contributed by atoms with van der Waals surface area (Å²) in [7, 11) is 0. The molecule has 4 nitrogen and oxygen atoms in total. The normalized spacial score (nSPS) is 22.8. The van der Waals surface area contributed by atoms with Gasteiger partial charge in [-0.05, 0) is 58.3 Å². The summed E-state index contributed by atoms with van der Waals surface area (Å²) >= 11 is 0. The van der Waals surface area contributed by atoms with Crippen molar-refractivity contribution in [2.24, 2.45) is 0 Å². The zero-order valence-corrected chi connectivity index (χ0v) is 11.9. The lowest BCUT2D eigenvalue weighted by Gasteiger charge is -2.44. The summed E-state index contributed by atoms with van der Waals surface area (Å²) in [6.45, 7) is 8.68. The van der Waals surface area contributed by atoms with E-state index in [-0.39, 0.29) is 11.0 Å². The third kappa shape index (κ3) is 1.89. The maximum Gasteiger partial charge on any atom is 0.149 e. The molecule has 2 heterocycles. The highest BCUT2D eigenvalue weighted by Crippen LogP contribution is 2.43. The van der Waals surface area contributed by atoms with Crippen LogP contribution in [0.15, 0.2) is 12.3 Å². The van der Waals surface area contributed by atoms with E-state index in [0.29, 0.717) is 12.2 Å². The van der Waals surface area contributed by atoms with Crippen LogP contribution in [0, 0.1) is 0 Å². The summed E-state index contributed by atoms with van der Waals surface area (Å²) in [6.07, 6.45) is 4.03. The maximum absolute atomic E-state index is 12.5. The second-order valence-corrected chi connectivity index (χ2v) is 6.73. The molecule has 1 aromatic rings. The SMILES string of the molecule is CC(C)(C)N1CCC2(CC1)C(=O)Cc1nnccc12. The van der Waals surface area contributed by atoms with Gasteiger partial charge in [-0.2, -0.15) is 10.2 Å². The molecule has 0 unspecified atom stereocenters. The van der Waals surface area contributed by atoms with Crippen molar-refractivity contribution in [3.63, 3.8) is 0 Å². The van der Waals surface area contributed by atoms with Gasteiger partial charge in [0.25, 0.3) is 0 Å². The molecule has 102 valence electrons. The van der Waals surface area contributed by atoms with Crippen LogP contribution in [-0.4, -0.2) is 39.5 Å². The Labute approximate surface area is 114 Å². The molecule has 1 aliphatic heterocycles. The summed E-state index contributed by atoms with van der Waals surface area (Å²) < 4.78 is 0. The van der Waals surface area contributed by atoms with Gasteiger partial charge in [-0.3, -0.25) is 9.69 Å². The summed E-state index contributed by atoms with van der Waals surface area (Å²) in [6, 6.07) is 2.00. The van der Waals surface area contributed by atoms with E-state index >= 15 is 0 Å². The predicted molar refractivity (Wildman–Crippen MR) is 73.0 cm³/mol. The average Bonchev–Trinajstić information content (AvgIpc) is 2.63. The first-order valence-corrected chi connectivity index (χ1v) is 7.03. The summed E-state index contributed by atoms with van der Waals surface area (Å²) in [5.41, 5.74) is 1.95. The highest BCUT2D eigenvalue weighted by Gasteiger charge is 2.49. The highest BCUT2D eigenvalue weighted by molar-refractivity contribution is 5.96. The first-order chi connectivity index (χ1) is 8.93. The molecule has 1 fully saturated rings.